The van der Waals surface area contributed by atoms with Gasteiger partial charge in [0.2, 0.25) is 11.9 Å². The molecule has 1 fully saturated rings. The lowest BCUT2D eigenvalue weighted by Crippen LogP contribution is -2.37. The molecule has 0 bridgehead atoms. The lowest BCUT2D eigenvalue weighted by atomic mass is 10.2. The zero-order valence-corrected chi connectivity index (χ0v) is 17.8. The second-order valence-electron chi connectivity index (χ2n) is 7.63. The van der Waals surface area contributed by atoms with Crippen LogP contribution < -0.4 is 16.0 Å². The van der Waals surface area contributed by atoms with Crippen LogP contribution in [0.5, 0.6) is 0 Å². The van der Waals surface area contributed by atoms with Gasteiger partial charge in [0.15, 0.2) is 11.6 Å². The fraction of sp³-hybridized carbons (Fsp3) is 0.208. The molecular weight excluding hydrogens is 407 g/mol. The topological polar surface area (TPSA) is 82.2 Å². The standard InChI is InChI=1S/C24H25FN6O/c1-17-8-10-18(11-9-17)28-23-21(25)16-26-24(30-23)29-20-6-2-5-19(15-20)27-22(32)7-3-12-31-13-4-14-31/h2-3,5-11,15-16H,4,12-14H2,1H3,(H,27,32)(H2,26,28,29,30)/b7-3+. The predicted octanol–water partition coefficient (Wildman–Crippen LogP) is 4.61. The van der Waals surface area contributed by atoms with Gasteiger partial charge in [-0.2, -0.15) is 4.98 Å². The van der Waals surface area contributed by atoms with Gasteiger partial charge in [0.05, 0.1) is 6.20 Å². The molecule has 0 saturated carbocycles. The van der Waals surface area contributed by atoms with Crippen molar-refractivity contribution in [3.05, 3.63) is 78.3 Å². The van der Waals surface area contributed by atoms with Crippen molar-refractivity contribution in [2.75, 3.05) is 35.6 Å². The first-order valence-electron chi connectivity index (χ1n) is 10.5. The Bertz CT molecular complexity index is 1110. The molecule has 0 atom stereocenters. The second-order valence-corrected chi connectivity index (χ2v) is 7.63. The molecule has 32 heavy (non-hydrogen) atoms. The van der Waals surface area contributed by atoms with Crippen molar-refractivity contribution < 1.29 is 9.18 Å². The number of aryl methyl sites for hydroxylation is 1. The summed E-state index contributed by atoms with van der Waals surface area (Å²) in [5.74, 6) is -0.436. The van der Waals surface area contributed by atoms with Crippen LogP contribution in [0.15, 0.2) is 66.9 Å². The van der Waals surface area contributed by atoms with Crippen LogP contribution in [-0.2, 0) is 4.79 Å². The number of likely N-dealkylation sites (tertiary alicyclic amines) is 1. The zero-order chi connectivity index (χ0) is 22.3. The predicted molar refractivity (Wildman–Crippen MR) is 125 cm³/mol. The summed E-state index contributed by atoms with van der Waals surface area (Å²) in [6.07, 6.45) is 5.75. The molecule has 2 aromatic carbocycles. The summed E-state index contributed by atoms with van der Waals surface area (Å²) in [6.45, 7) is 4.95. The van der Waals surface area contributed by atoms with E-state index < -0.39 is 5.82 Å². The van der Waals surface area contributed by atoms with Crippen molar-refractivity contribution in [2.45, 2.75) is 13.3 Å². The number of benzene rings is 2. The number of nitrogens with one attached hydrogen (secondary N) is 3. The third-order valence-electron chi connectivity index (χ3n) is 5.03. The van der Waals surface area contributed by atoms with E-state index in [0.29, 0.717) is 11.4 Å². The number of amides is 1. The normalized spacial score (nSPS) is 13.6. The van der Waals surface area contributed by atoms with Crippen LogP contribution >= 0.6 is 0 Å². The van der Waals surface area contributed by atoms with E-state index in [1.54, 1.807) is 24.3 Å². The lowest BCUT2D eigenvalue weighted by molar-refractivity contribution is -0.111. The van der Waals surface area contributed by atoms with Crippen LogP contribution in [0.2, 0.25) is 0 Å². The maximum atomic E-state index is 14.2. The number of carbonyl (C=O) groups excluding carboxylic acids is 1. The lowest BCUT2D eigenvalue weighted by Gasteiger charge is -2.29. The van der Waals surface area contributed by atoms with Crippen LogP contribution in [0, 0.1) is 12.7 Å². The minimum absolute atomic E-state index is 0.0724. The monoisotopic (exact) mass is 432 g/mol. The molecule has 1 amide bonds. The van der Waals surface area contributed by atoms with Gasteiger partial charge in [-0.15, -0.1) is 0 Å². The van der Waals surface area contributed by atoms with Gasteiger partial charge in [0.25, 0.3) is 0 Å². The first kappa shape index (κ1) is 21.5. The summed E-state index contributed by atoms with van der Waals surface area (Å²) in [5, 5.41) is 8.85. The number of halogens is 1. The average molecular weight is 433 g/mol. The maximum Gasteiger partial charge on any atom is 0.248 e. The molecular formula is C24H25FN6O. The van der Waals surface area contributed by atoms with E-state index in [9.17, 15) is 9.18 Å². The van der Waals surface area contributed by atoms with Crippen molar-refractivity contribution in [3.63, 3.8) is 0 Å². The summed E-state index contributed by atoms with van der Waals surface area (Å²) < 4.78 is 14.2. The average Bonchev–Trinajstić information content (AvgIpc) is 2.74. The maximum absolute atomic E-state index is 14.2. The summed E-state index contributed by atoms with van der Waals surface area (Å²) >= 11 is 0. The zero-order valence-electron chi connectivity index (χ0n) is 17.8. The van der Waals surface area contributed by atoms with Gasteiger partial charge in [0.1, 0.15) is 0 Å². The first-order chi connectivity index (χ1) is 15.5. The number of rotatable bonds is 8. The number of hydrogen-bond donors (Lipinski definition) is 3. The highest BCUT2D eigenvalue weighted by Crippen LogP contribution is 2.22. The number of aromatic nitrogens is 2. The van der Waals surface area contributed by atoms with Crippen molar-refractivity contribution in [1.82, 2.24) is 14.9 Å². The van der Waals surface area contributed by atoms with Gasteiger partial charge in [-0.05, 0) is 56.8 Å². The van der Waals surface area contributed by atoms with Gasteiger partial charge >= 0.3 is 0 Å². The van der Waals surface area contributed by atoms with Crippen molar-refractivity contribution in [2.24, 2.45) is 0 Å². The molecule has 3 N–H and O–H groups in total. The van der Waals surface area contributed by atoms with Gasteiger partial charge < -0.3 is 16.0 Å². The fourth-order valence-corrected chi connectivity index (χ4v) is 3.15. The quantitative estimate of drug-likeness (QED) is 0.451. The molecule has 164 valence electrons. The Balaban J connectivity index is 1.39. The molecule has 0 aliphatic carbocycles. The second kappa shape index (κ2) is 10.0. The fourth-order valence-electron chi connectivity index (χ4n) is 3.15. The van der Waals surface area contributed by atoms with E-state index in [1.807, 2.05) is 43.3 Å². The number of hydrogen-bond acceptors (Lipinski definition) is 6. The molecule has 0 spiro atoms. The van der Waals surface area contributed by atoms with E-state index in [4.69, 9.17) is 0 Å². The molecule has 2 heterocycles. The molecule has 8 heteroatoms. The van der Waals surface area contributed by atoms with Crippen LogP contribution in [0.25, 0.3) is 0 Å². The van der Waals surface area contributed by atoms with Gasteiger partial charge in [-0.25, -0.2) is 9.37 Å². The summed E-state index contributed by atoms with van der Waals surface area (Å²) in [4.78, 5) is 22.6. The Morgan fingerprint density at radius 3 is 2.62 bits per heavy atom. The molecule has 0 radical (unpaired) electrons. The molecule has 1 aliphatic rings. The molecule has 1 saturated heterocycles. The van der Waals surface area contributed by atoms with Crippen LogP contribution in [0.3, 0.4) is 0 Å². The highest BCUT2D eigenvalue weighted by molar-refractivity contribution is 5.99. The third kappa shape index (κ3) is 5.89. The Kier molecular flexibility index (Phi) is 6.72. The van der Waals surface area contributed by atoms with Gasteiger partial charge in [-0.3, -0.25) is 9.69 Å². The minimum atomic E-state index is -0.554. The molecule has 1 aliphatic heterocycles. The number of carbonyl (C=O) groups is 1. The number of nitrogens with zero attached hydrogens (tertiary/aromatic N) is 3. The molecule has 4 rings (SSSR count). The Hall–Kier alpha value is -3.78. The van der Waals surface area contributed by atoms with E-state index >= 15 is 0 Å². The SMILES string of the molecule is Cc1ccc(Nc2nc(Nc3cccc(NC(=O)/C=C/CN4CCC4)c3)ncc2F)cc1. The van der Waals surface area contributed by atoms with E-state index in [1.165, 1.54) is 6.42 Å². The Morgan fingerprint density at radius 2 is 1.88 bits per heavy atom. The summed E-state index contributed by atoms with van der Waals surface area (Å²) in [7, 11) is 0. The largest absolute Gasteiger partial charge is 0.338 e. The Labute approximate surface area is 186 Å². The van der Waals surface area contributed by atoms with Gasteiger partial charge in [-0.1, -0.05) is 29.8 Å². The number of anilines is 5. The summed E-state index contributed by atoms with van der Waals surface area (Å²) in [5.41, 5.74) is 3.14. The Morgan fingerprint density at radius 1 is 1.09 bits per heavy atom. The smallest absolute Gasteiger partial charge is 0.248 e. The van der Waals surface area contributed by atoms with Crippen molar-refractivity contribution >= 4 is 34.7 Å². The highest BCUT2D eigenvalue weighted by Gasteiger charge is 2.11. The van der Waals surface area contributed by atoms with Crippen molar-refractivity contribution in [3.8, 4) is 0 Å². The minimum Gasteiger partial charge on any atom is -0.338 e. The van der Waals surface area contributed by atoms with Crippen molar-refractivity contribution in [1.29, 1.82) is 0 Å². The van der Waals surface area contributed by atoms with E-state index in [-0.39, 0.29) is 17.7 Å². The van der Waals surface area contributed by atoms with Crippen LogP contribution in [0.4, 0.5) is 33.2 Å². The van der Waals surface area contributed by atoms with Gasteiger partial charge in [0, 0.05) is 29.7 Å². The third-order valence-corrected chi connectivity index (χ3v) is 5.03. The highest BCUT2D eigenvalue weighted by atomic mass is 19.1. The van der Waals surface area contributed by atoms with E-state index in [2.05, 4.69) is 30.8 Å². The molecule has 7 nitrogen and oxygen atoms in total. The molecule has 1 aromatic heterocycles. The summed E-state index contributed by atoms with van der Waals surface area (Å²) in [6, 6.07) is 14.7. The van der Waals surface area contributed by atoms with Crippen LogP contribution in [-0.4, -0.2) is 40.4 Å². The van der Waals surface area contributed by atoms with E-state index in [0.717, 1.165) is 37.1 Å². The molecule has 3 aromatic rings. The molecule has 0 unspecified atom stereocenters. The van der Waals surface area contributed by atoms with Crippen LogP contribution in [0.1, 0.15) is 12.0 Å². The first-order valence-corrected chi connectivity index (χ1v) is 10.5.